The van der Waals surface area contributed by atoms with E-state index in [4.69, 9.17) is 0 Å². The number of thiophene rings is 2. The van der Waals surface area contributed by atoms with Crippen LogP contribution in [0.5, 0.6) is 0 Å². The first kappa shape index (κ1) is 24.7. The first-order valence-electron chi connectivity index (χ1n) is 12.3. The van der Waals surface area contributed by atoms with Crippen LogP contribution >= 0.6 is 22.7 Å². The van der Waals surface area contributed by atoms with Crippen LogP contribution in [0.4, 0.5) is 11.4 Å². The Morgan fingerprint density at radius 2 is 1.83 bits per heavy atom. The monoisotopic (exact) mass is 522 g/mol. The predicted molar refractivity (Wildman–Crippen MR) is 146 cm³/mol. The summed E-state index contributed by atoms with van der Waals surface area (Å²) in [6, 6.07) is 15.5. The van der Waals surface area contributed by atoms with Crippen molar-refractivity contribution in [1.82, 2.24) is 10.2 Å². The molecule has 1 unspecified atom stereocenters. The Hall–Kier alpha value is -3.01. The molecule has 2 fully saturated rings. The van der Waals surface area contributed by atoms with E-state index in [-0.39, 0.29) is 23.6 Å². The van der Waals surface area contributed by atoms with Gasteiger partial charge in [0.1, 0.15) is 0 Å². The second-order valence-corrected chi connectivity index (χ2v) is 11.4. The fourth-order valence-electron chi connectivity index (χ4n) is 4.74. The summed E-state index contributed by atoms with van der Waals surface area (Å²) in [4.78, 5) is 46.5. The molecule has 0 bridgehead atoms. The lowest BCUT2D eigenvalue weighted by Gasteiger charge is -2.22. The van der Waals surface area contributed by atoms with Gasteiger partial charge in [0.2, 0.25) is 11.8 Å². The maximum Gasteiger partial charge on any atom is 0.261 e. The zero-order valence-electron chi connectivity index (χ0n) is 20.3. The Labute approximate surface area is 219 Å². The Balaban J connectivity index is 1.13. The SMILES string of the molecule is CN(C(=O)CN1CCCC1)c1ccc(N2CC(CNC(=O)c3ccc(-c4cccs4)s3)CC2=O)cc1. The Kier molecular flexibility index (Phi) is 7.50. The van der Waals surface area contributed by atoms with Gasteiger partial charge in [0.15, 0.2) is 0 Å². The van der Waals surface area contributed by atoms with Crippen LogP contribution in [-0.2, 0) is 9.59 Å². The second kappa shape index (κ2) is 10.9. The number of amides is 3. The zero-order chi connectivity index (χ0) is 25.1. The molecule has 9 heteroatoms. The van der Waals surface area contributed by atoms with Gasteiger partial charge in [-0.15, -0.1) is 22.7 Å². The number of carbonyl (C=O) groups is 3. The van der Waals surface area contributed by atoms with E-state index in [0.717, 1.165) is 47.1 Å². The lowest BCUT2D eigenvalue weighted by molar-refractivity contribution is -0.119. The van der Waals surface area contributed by atoms with Crippen LogP contribution in [0.1, 0.15) is 28.9 Å². The number of anilines is 2. The highest BCUT2D eigenvalue weighted by atomic mass is 32.1. The van der Waals surface area contributed by atoms with Gasteiger partial charge in [-0.1, -0.05) is 6.07 Å². The molecule has 4 heterocycles. The van der Waals surface area contributed by atoms with Crippen molar-refractivity contribution >= 4 is 51.8 Å². The Morgan fingerprint density at radius 1 is 1.06 bits per heavy atom. The smallest absolute Gasteiger partial charge is 0.261 e. The second-order valence-electron chi connectivity index (χ2n) is 9.38. The molecule has 36 heavy (non-hydrogen) atoms. The van der Waals surface area contributed by atoms with Crippen molar-refractivity contribution in [3.8, 4) is 9.75 Å². The van der Waals surface area contributed by atoms with E-state index >= 15 is 0 Å². The molecule has 2 aliphatic heterocycles. The summed E-state index contributed by atoms with van der Waals surface area (Å²) in [6.45, 7) is 3.44. The van der Waals surface area contributed by atoms with Crippen LogP contribution < -0.4 is 15.1 Å². The molecule has 0 saturated carbocycles. The van der Waals surface area contributed by atoms with Gasteiger partial charge in [0.05, 0.1) is 11.4 Å². The van der Waals surface area contributed by atoms with E-state index < -0.39 is 0 Å². The third-order valence-corrected chi connectivity index (χ3v) is 8.98. The number of carbonyl (C=O) groups excluding carboxylic acids is 3. The fourth-order valence-corrected chi connectivity index (χ4v) is 6.50. The van der Waals surface area contributed by atoms with E-state index in [0.29, 0.717) is 30.9 Å². The quantitative estimate of drug-likeness (QED) is 0.478. The highest BCUT2D eigenvalue weighted by Gasteiger charge is 2.31. The summed E-state index contributed by atoms with van der Waals surface area (Å²) < 4.78 is 0. The molecule has 2 aromatic heterocycles. The number of nitrogens with zero attached hydrogens (tertiary/aromatic N) is 3. The number of nitrogens with one attached hydrogen (secondary N) is 1. The summed E-state index contributed by atoms with van der Waals surface area (Å²) in [6.07, 6.45) is 2.72. The standard InChI is InChI=1S/C27H30N4O3S2/c1-29(26(33)18-30-12-2-3-13-30)20-6-8-21(9-7-20)31-17-19(15-25(31)32)16-28-27(34)24-11-10-23(36-24)22-5-4-14-35-22/h4-11,14,19H,2-3,12-13,15-18H2,1H3,(H,28,34). The van der Waals surface area contributed by atoms with Crippen molar-refractivity contribution in [1.29, 1.82) is 0 Å². The fraction of sp³-hybridized carbons (Fsp3) is 0.370. The number of likely N-dealkylation sites (tertiary alicyclic amines) is 1. The number of likely N-dealkylation sites (N-methyl/N-ethyl adjacent to an activating group) is 1. The van der Waals surface area contributed by atoms with Crippen molar-refractivity contribution < 1.29 is 14.4 Å². The largest absolute Gasteiger partial charge is 0.351 e. The van der Waals surface area contributed by atoms with Crippen LogP contribution in [-0.4, -0.2) is 62.4 Å². The average Bonchev–Trinajstić information content (AvgIpc) is 3.69. The summed E-state index contributed by atoms with van der Waals surface area (Å²) in [7, 11) is 1.80. The van der Waals surface area contributed by atoms with Crippen molar-refractivity contribution in [2.75, 3.05) is 49.6 Å². The lowest BCUT2D eigenvalue weighted by Crippen LogP contribution is -2.37. The van der Waals surface area contributed by atoms with Crippen LogP contribution in [0.3, 0.4) is 0 Å². The molecule has 1 aromatic carbocycles. The third kappa shape index (κ3) is 5.53. The molecule has 0 spiro atoms. The van der Waals surface area contributed by atoms with E-state index in [1.54, 1.807) is 28.2 Å². The van der Waals surface area contributed by atoms with Crippen LogP contribution in [0.15, 0.2) is 53.9 Å². The maximum absolute atomic E-state index is 12.7. The first-order chi connectivity index (χ1) is 17.5. The summed E-state index contributed by atoms with van der Waals surface area (Å²) in [5.41, 5.74) is 1.63. The van der Waals surface area contributed by atoms with Gasteiger partial charge in [-0.25, -0.2) is 0 Å². The van der Waals surface area contributed by atoms with Crippen LogP contribution in [0, 0.1) is 5.92 Å². The normalized spacial score (nSPS) is 18.1. The highest BCUT2D eigenvalue weighted by molar-refractivity contribution is 7.22. The molecule has 7 nitrogen and oxygen atoms in total. The van der Waals surface area contributed by atoms with Crippen LogP contribution in [0.25, 0.3) is 9.75 Å². The highest BCUT2D eigenvalue weighted by Crippen LogP contribution is 2.32. The molecule has 0 aliphatic carbocycles. The first-order valence-corrected chi connectivity index (χ1v) is 14.0. The molecule has 5 rings (SSSR count). The molecule has 2 saturated heterocycles. The minimum atomic E-state index is -0.0975. The van der Waals surface area contributed by atoms with Gasteiger partial charge < -0.3 is 15.1 Å². The Bertz CT molecular complexity index is 1220. The van der Waals surface area contributed by atoms with E-state index in [1.165, 1.54) is 11.3 Å². The van der Waals surface area contributed by atoms with Crippen molar-refractivity contribution in [3.63, 3.8) is 0 Å². The molecule has 3 aromatic rings. The van der Waals surface area contributed by atoms with Gasteiger partial charge in [-0.2, -0.15) is 0 Å². The van der Waals surface area contributed by atoms with E-state index in [1.807, 2.05) is 53.9 Å². The number of benzene rings is 1. The van der Waals surface area contributed by atoms with Crippen molar-refractivity contribution in [2.45, 2.75) is 19.3 Å². The number of rotatable bonds is 8. The van der Waals surface area contributed by atoms with Crippen molar-refractivity contribution in [3.05, 3.63) is 58.8 Å². The van der Waals surface area contributed by atoms with E-state index in [9.17, 15) is 14.4 Å². The number of hydrogen-bond donors (Lipinski definition) is 1. The maximum atomic E-state index is 12.7. The van der Waals surface area contributed by atoms with Gasteiger partial charge >= 0.3 is 0 Å². The minimum absolute atomic E-state index is 0.0524. The zero-order valence-corrected chi connectivity index (χ0v) is 21.9. The predicted octanol–water partition coefficient (Wildman–Crippen LogP) is 4.32. The lowest BCUT2D eigenvalue weighted by atomic mass is 10.1. The van der Waals surface area contributed by atoms with Gasteiger partial charge in [0, 0.05) is 53.6 Å². The average molecular weight is 523 g/mol. The number of hydrogen-bond acceptors (Lipinski definition) is 6. The summed E-state index contributed by atoms with van der Waals surface area (Å²) >= 11 is 3.14. The van der Waals surface area contributed by atoms with Gasteiger partial charge in [-0.05, 0) is 73.8 Å². The third-order valence-electron chi connectivity index (χ3n) is 6.83. The minimum Gasteiger partial charge on any atom is -0.351 e. The van der Waals surface area contributed by atoms with E-state index in [2.05, 4.69) is 10.2 Å². The molecule has 1 N–H and O–H groups in total. The topological polar surface area (TPSA) is 73.0 Å². The molecule has 2 aliphatic rings. The molecule has 0 radical (unpaired) electrons. The summed E-state index contributed by atoms with van der Waals surface area (Å²) in [5, 5.41) is 5.03. The molecular weight excluding hydrogens is 492 g/mol. The van der Waals surface area contributed by atoms with Gasteiger partial charge in [0.25, 0.3) is 5.91 Å². The van der Waals surface area contributed by atoms with Crippen LogP contribution in [0.2, 0.25) is 0 Å². The summed E-state index contributed by atoms with van der Waals surface area (Å²) in [5.74, 6) is 0.0878. The Morgan fingerprint density at radius 3 is 2.56 bits per heavy atom. The van der Waals surface area contributed by atoms with Gasteiger partial charge in [-0.3, -0.25) is 19.3 Å². The molecule has 3 amide bonds. The molecular formula is C27H30N4O3S2. The van der Waals surface area contributed by atoms with Crippen molar-refractivity contribution in [2.24, 2.45) is 5.92 Å². The molecule has 1 atom stereocenters. The molecule has 188 valence electrons.